The molecule has 10 atom stereocenters. The molecule has 0 spiro atoms. The van der Waals surface area contributed by atoms with Gasteiger partial charge in [-0.25, -0.2) is 4.79 Å². The summed E-state index contributed by atoms with van der Waals surface area (Å²) in [6.45, 7) is 2.93. The van der Waals surface area contributed by atoms with Crippen molar-refractivity contribution in [3.63, 3.8) is 0 Å². The molecule has 0 N–H and O–H groups in total. The van der Waals surface area contributed by atoms with E-state index in [1.54, 1.807) is 0 Å². The molecule has 3 aromatic carbocycles. The molecule has 0 bridgehead atoms. The van der Waals surface area contributed by atoms with Gasteiger partial charge in [-0.2, -0.15) is 0 Å². The maximum absolute atomic E-state index is 12.5. The molecule has 0 unspecified atom stereocenters. The van der Waals surface area contributed by atoms with E-state index in [1.165, 1.54) is 21.0 Å². The van der Waals surface area contributed by atoms with Gasteiger partial charge in [0, 0.05) is 21.0 Å². The molecular weight excluding hydrogens is 692 g/mol. The number of hydrogen-bond donors (Lipinski definition) is 0. The minimum atomic E-state index is -1.34. The molecule has 0 aromatic heterocycles. The Morgan fingerprint density at radius 2 is 1.13 bits per heavy atom. The first-order chi connectivity index (χ1) is 25.8. The fourth-order valence-electron chi connectivity index (χ4n) is 6.46. The van der Waals surface area contributed by atoms with Crippen LogP contribution in [0.15, 0.2) is 91.0 Å². The van der Waals surface area contributed by atoms with Crippen molar-refractivity contribution >= 4 is 18.1 Å². The normalized spacial score (nSPS) is 29.4. The largest absolute Gasteiger partial charge is 0.509 e. The van der Waals surface area contributed by atoms with Crippen LogP contribution in [-0.2, 0) is 81.5 Å². The number of fused-ring (bicyclic) bond motifs is 1. The highest BCUT2D eigenvalue weighted by Gasteiger charge is 2.59. The molecule has 6 rings (SSSR count). The van der Waals surface area contributed by atoms with Crippen LogP contribution in [0.3, 0.4) is 0 Å². The van der Waals surface area contributed by atoms with Crippen molar-refractivity contribution in [2.45, 2.75) is 95.1 Å². The summed E-state index contributed by atoms with van der Waals surface area (Å²) in [4.78, 5) is 36.4. The monoisotopic (exact) mass is 736 g/mol. The van der Waals surface area contributed by atoms with Gasteiger partial charge in [0.25, 0.3) is 0 Å². The lowest BCUT2D eigenvalue weighted by atomic mass is 9.96. The Hall–Kier alpha value is -4.41. The fourth-order valence-corrected chi connectivity index (χ4v) is 6.46. The van der Waals surface area contributed by atoms with Crippen LogP contribution >= 0.6 is 0 Å². The van der Waals surface area contributed by atoms with Gasteiger partial charge in [-0.1, -0.05) is 91.0 Å². The summed E-state index contributed by atoms with van der Waals surface area (Å²) in [5, 5.41) is 0. The molecule has 14 nitrogen and oxygen atoms in total. The SMILES string of the molecule is CO[C@H]1O[C@H](COCc2ccccc2)[C@@H](OCc2ccccc2)[C@H](OCc2ccccc2)[C@H]1O[C@H]1O[C@H](COC(C)=O)[C@@H](OC(C)=O)[C@@H]2OC(=O)O[C@@H]12. The van der Waals surface area contributed by atoms with Crippen LogP contribution in [0.2, 0.25) is 0 Å². The number of methoxy groups -OCH3 is 1. The van der Waals surface area contributed by atoms with E-state index in [0.29, 0.717) is 6.61 Å². The Bertz CT molecular complexity index is 1610. The van der Waals surface area contributed by atoms with Crippen LogP contribution in [0, 0.1) is 0 Å². The molecule has 0 amide bonds. The second-order valence-electron chi connectivity index (χ2n) is 12.7. The molecule has 284 valence electrons. The average Bonchev–Trinajstić information content (AvgIpc) is 3.57. The first-order valence-electron chi connectivity index (χ1n) is 17.4. The lowest BCUT2D eigenvalue weighted by Gasteiger charge is -2.48. The van der Waals surface area contributed by atoms with Gasteiger partial charge >= 0.3 is 18.1 Å². The fraction of sp³-hybridized carbons (Fsp3) is 0.462. The summed E-state index contributed by atoms with van der Waals surface area (Å²) >= 11 is 0. The second kappa shape index (κ2) is 18.6. The quantitative estimate of drug-likeness (QED) is 0.152. The van der Waals surface area contributed by atoms with Crippen molar-refractivity contribution in [3.05, 3.63) is 108 Å². The molecule has 3 saturated heterocycles. The van der Waals surface area contributed by atoms with E-state index < -0.39 is 79.5 Å². The summed E-state index contributed by atoms with van der Waals surface area (Å²) in [5.41, 5.74) is 2.80. The Labute approximate surface area is 307 Å². The standard InChI is InChI=1S/C39H44O14/c1-24(40)45-23-30-32(48-25(2)41)34-36(53-39(42)52-34)38(50-30)51-35-33(47-21-28-17-11-6-12-18-28)31(46-20-27-15-9-5-10-16-27)29(49-37(35)43-3)22-44-19-26-13-7-4-8-14-26/h4-18,29-38H,19-23H2,1-3H3/t29-,30-,31-,32-,33+,34+,35-,36-,37+,38-/m1/s1. The zero-order valence-electron chi connectivity index (χ0n) is 29.7. The van der Waals surface area contributed by atoms with E-state index in [-0.39, 0.29) is 26.4 Å². The van der Waals surface area contributed by atoms with E-state index in [0.717, 1.165) is 16.7 Å². The molecule has 0 saturated carbocycles. The molecule has 3 aromatic rings. The third kappa shape index (κ3) is 10.2. The van der Waals surface area contributed by atoms with Gasteiger partial charge in [0.2, 0.25) is 0 Å². The zero-order chi connectivity index (χ0) is 37.2. The summed E-state index contributed by atoms with van der Waals surface area (Å²) < 4.78 is 66.4. The highest BCUT2D eigenvalue weighted by Crippen LogP contribution is 2.37. The van der Waals surface area contributed by atoms with Gasteiger partial charge in [-0.3, -0.25) is 9.59 Å². The Morgan fingerprint density at radius 1 is 0.604 bits per heavy atom. The number of carbonyl (C=O) groups excluding carboxylic acids is 3. The average molecular weight is 737 g/mol. The molecule has 53 heavy (non-hydrogen) atoms. The predicted molar refractivity (Wildman–Crippen MR) is 183 cm³/mol. The number of carbonyl (C=O) groups is 3. The Morgan fingerprint density at radius 3 is 1.70 bits per heavy atom. The number of rotatable bonds is 16. The molecule has 14 heteroatoms. The van der Waals surface area contributed by atoms with Crippen LogP contribution in [0.1, 0.15) is 30.5 Å². The number of ether oxygens (including phenoxy) is 11. The van der Waals surface area contributed by atoms with Gasteiger partial charge in [-0.05, 0) is 16.7 Å². The number of benzene rings is 3. The Balaban J connectivity index is 1.31. The van der Waals surface area contributed by atoms with Crippen LogP contribution < -0.4 is 0 Å². The van der Waals surface area contributed by atoms with E-state index in [2.05, 4.69) is 0 Å². The topological polar surface area (TPSA) is 153 Å². The predicted octanol–water partition coefficient (Wildman–Crippen LogP) is 4.25. The summed E-state index contributed by atoms with van der Waals surface area (Å²) in [5.74, 6) is -1.26. The molecule has 3 aliphatic rings. The van der Waals surface area contributed by atoms with Crippen molar-refractivity contribution in [1.29, 1.82) is 0 Å². The van der Waals surface area contributed by atoms with E-state index >= 15 is 0 Å². The van der Waals surface area contributed by atoms with Crippen LogP contribution in [0.5, 0.6) is 0 Å². The molecule has 0 aliphatic carbocycles. The van der Waals surface area contributed by atoms with Crippen molar-refractivity contribution in [2.24, 2.45) is 0 Å². The minimum Gasteiger partial charge on any atom is -0.463 e. The molecule has 0 radical (unpaired) electrons. The van der Waals surface area contributed by atoms with Gasteiger partial charge < -0.3 is 52.1 Å². The number of esters is 2. The lowest BCUT2D eigenvalue weighted by molar-refractivity contribution is -0.365. The second-order valence-corrected chi connectivity index (χ2v) is 12.7. The van der Waals surface area contributed by atoms with Crippen LogP contribution in [0.4, 0.5) is 4.79 Å². The number of hydrogen-bond acceptors (Lipinski definition) is 14. The maximum atomic E-state index is 12.5. The van der Waals surface area contributed by atoms with Gasteiger partial charge in [0.05, 0.1) is 26.4 Å². The minimum absolute atomic E-state index is 0.122. The molecule has 3 fully saturated rings. The zero-order valence-corrected chi connectivity index (χ0v) is 29.7. The van der Waals surface area contributed by atoms with Crippen molar-refractivity contribution < 1.29 is 66.5 Å². The van der Waals surface area contributed by atoms with E-state index in [1.807, 2.05) is 91.0 Å². The highest BCUT2D eigenvalue weighted by molar-refractivity contribution is 5.67. The Kier molecular flexibility index (Phi) is 13.4. The summed E-state index contributed by atoms with van der Waals surface area (Å²) in [6, 6.07) is 29.0. The first-order valence-corrected chi connectivity index (χ1v) is 17.4. The molecule has 3 heterocycles. The van der Waals surface area contributed by atoms with Gasteiger partial charge in [0.1, 0.15) is 37.1 Å². The van der Waals surface area contributed by atoms with Crippen molar-refractivity contribution in [3.8, 4) is 0 Å². The summed E-state index contributed by atoms with van der Waals surface area (Å²) in [6.07, 6.45) is -11.4. The third-order valence-electron chi connectivity index (χ3n) is 8.89. The summed E-state index contributed by atoms with van der Waals surface area (Å²) in [7, 11) is 1.46. The van der Waals surface area contributed by atoms with Crippen molar-refractivity contribution in [1.82, 2.24) is 0 Å². The van der Waals surface area contributed by atoms with Gasteiger partial charge in [-0.15, -0.1) is 0 Å². The van der Waals surface area contributed by atoms with E-state index in [4.69, 9.17) is 52.1 Å². The smallest absolute Gasteiger partial charge is 0.463 e. The van der Waals surface area contributed by atoms with E-state index in [9.17, 15) is 14.4 Å². The van der Waals surface area contributed by atoms with Crippen molar-refractivity contribution in [2.75, 3.05) is 20.3 Å². The lowest BCUT2D eigenvalue weighted by Crippen LogP contribution is -2.65. The van der Waals surface area contributed by atoms with Crippen LogP contribution in [0.25, 0.3) is 0 Å². The molecule has 3 aliphatic heterocycles. The third-order valence-corrected chi connectivity index (χ3v) is 8.89. The van der Waals surface area contributed by atoms with Crippen LogP contribution in [-0.4, -0.2) is 99.8 Å². The highest BCUT2D eigenvalue weighted by atomic mass is 16.8. The van der Waals surface area contributed by atoms with Gasteiger partial charge in [0.15, 0.2) is 30.9 Å². The first kappa shape index (κ1) is 38.3. The maximum Gasteiger partial charge on any atom is 0.509 e. The molecular formula is C39H44O14.